The van der Waals surface area contributed by atoms with Gasteiger partial charge in [-0.05, 0) is 30.4 Å². The first-order valence-corrected chi connectivity index (χ1v) is 10.6. The molecule has 1 fully saturated rings. The fourth-order valence-electron chi connectivity index (χ4n) is 2.92. The van der Waals surface area contributed by atoms with Gasteiger partial charge in [0.05, 0.1) is 0 Å². The number of sulfonamides is 1. The van der Waals surface area contributed by atoms with Crippen LogP contribution in [0.15, 0.2) is 35.7 Å². The number of esters is 1. The lowest BCUT2D eigenvalue weighted by Crippen LogP contribution is -2.43. The molecule has 0 aromatic heterocycles. The van der Waals surface area contributed by atoms with Crippen LogP contribution in [-0.4, -0.2) is 39.5 Å². The van der Waals surface area contributed by atoms with Crippen LogP contribution < -0.4 is 10.0 Å². The fraction of sp³-hybridized carbons (Fsp3) is 0.474. The second-order valence-corrected chi connectivity index (χ2v) is 8.33. The number of amides is 1. The molecule has 1 aromatic carbocycles. The van der Waals surface area contributed by atoms with Gasteiger partial charge in [-0.2, -0.15) is 0 Å². The molecule has 2 atom stereocenters. The third-order valence-corrected chi connectivity index (χ3v) is 5.52. The largest absolute Gasteiger partial charge is 0.455 e. The molecule has 8 heteroatoms. The number of nitrogens with one attached hydrogen (secondary N) is 2. The zero-order chi connectivity index (χ0) is 19.7. The average molecular weight is 394 g/mol. The molecule has 0 heterocycles. The number of rotatable bonds is 8. The Morgan fingerprint density at radius 2 is 1.89 bits per heavy atom. The first kappa shape index (κ1) is 21.1. The number of carbonyl (C=O) groups excluding carboxylic acids is 2. The molecule has 0 aliphatic heterocycles. The van der Waals surface area contributed by atoms with Crippen LogP contribution in [0, 0.1) is 5.92 Å². The van der Waals surface area contributed by atoms with Gasteiger partial charge in [0.2, 0.25) is 10.0 Å². The molecule has 2 N–H and O–H groups in total. The Bertz CT molecular complexity index is 762. The van der Waals surface area contributed by atoms with Crippen molar-refractivity contribution >= 4 is 28.0 Å². The lowest BCUT2D eigenvalue weighted by molar-refractivity contribution is -0.147. The van der Waals surface area contributed by atoms with Gasteiger partial charge in [0.25, 0.3) is 5.91 Å². The maximum atomic E-state index is 11.9. The van der Waals surface area contributed by atoms with Crippen molar-refractivity contribution in [2.24, 2.45) is 5.92 Å². The number of hydrogen-bond donors (Lipinski definition) is 2. The van der Waals surface area contributed by atoms with Crippen LogP contribution in [0.5, 0.6) is 0 Å². The van der Waals surface area contributed by atoms with Crippen molar-refractivity contribution in [1.29, 1.82) is 0 Å². The van der Waals surface area contributed by atoms with Crippen molar-refractivity contribution in [1.82, 2.24) is 10.0 Å². The highest BCUT2D eigenvalue weighted by Crippen LogP contribution is 2.23. The highest BCUT2D eigenvalue weighted by molar-refractivity contribution is 7.92. The highest BCUT2D eigenvalue weighted by atomic mass is 32.2. The summed E-state index contributed by atoms with van der Waals surface area (Å²) in [6.07, 6.45) is 5.67. The van der Waals surface area contributed by atoms with E-state index < -0.39 is 29.1 Å². The maximum absolute atomic E-state index is 11.9. The molecule has 1 amide bonds. The number of ether oxygens (including phenoxy) is 1. The molecule has 0 bridgehead atoms. The summed E-state index contributed by atoms with van der Waals surface area (Å²) in [5.74, 6) is -0.769. The predicted molar refractivity (Wildman–Crippen MR) is 103 cm³/mol. The third kappa shape index (κ3) is 7.92. The van der Waals surface area contributed by atoms with Gasteiger partial charge in [0, 0.05) is 11.4 Å². The average Bonchev–Trinajstić information content (AvgIpc) is 2.66. The van der Waals surface area contributed by atoms with Gasteiger partial charge in [0.1, 0.15) is 6.54 Å². The quantitative estimate of drug-likeness (QED) is 0.655. The van der Waals surface area contributed by atoms with Crippen molar-refractivity contribution in [3.05, 3.63) is 41.3 Å². The van der Waals surface area contributed by atoms with Gasteiger partial charge >= 0.3 is 5.97 Å². The number of carbonyl (C=O) groups is 2. The molecule has 1 aliphatic carbocycles. The van der Waals surface area contributed by atoms with Crippen LogP contribution in [0.1, 0.15) is 38.2 Å². The van der Waals surface area contributed by atoms with Crippen LogP contribution in [0.3, 0.4) is 0 Å². The maximum Gasteiger partial charge on any atom is 0.321 e. The lowest BCUT2D eigenvalue weighted by atomic mass is 9.86. The summed E-state index contributed by atoms with van der Waals surface area (Å²) in [5.41, 5.74) is 0.721. The minimum Gasteiger partial charge on any atom is -0.455 e. The standard InChI is InChI=1S/C19H26N2O5S/c1-15-7-5-6-10-17(15)21-18(22)14-26-19(23)13-20-27(24,25)12-11-16-8-3-2-4-9-16/h2-4,8-9,11-12,15,17,20H,5-7,10,13-14H2,1H3,(H,21,22). The SMILES string of the molecule is CC1CCCCC1NC(=O)COC(=O)CNS(=O)(=O)C=Cc1ccccc1. The van der Waals surface area contributed by atoms with Gasteiger partial charge in [0.15, 0.2) is 6.61 Å². The van der Waals surface area contributed by atoms with E-state index in [0.717, 1.165) is 30.2 Å². The van der Waals surface area contributed by atoms with Crippen molar-refractivity contribution in [2.75, 3.05) is 13.2 Å². The molecule has 27 heavy (non-hydrogen) atoms. The van der Waals surface area contributed by atoms with Gasteiger partial charge in [-0.15, -0.1) is 0 Å². The second-order valence-electron chi connectivity index (χ2n) is 6.68. The highest BCUT2D eigenvalue weighted by Gasteiger charge is 2.23. The zero-order valence-electron chi connectivity index (χ0n) is 15.4. The van der Waals surface area contributed by atoms with Gasteiger partial charge in [-0.25, -0.2) is 13.1 Å². The molecule has 1 aliphatic rings. The van der Waals surface area contributed by atoms with E-state index in [0.29, 0.717) is 5.92 Å². The molecular weight excluding hydrogens is 368 g/mol. The van der Waals surface area contributed by atoms with Gasteiger partial charge in [-0.1, -0.05) is 50.1 Å². The van der Waals surface area contributed by atoms with Crippen molar-refractivity contribution in [2.45, 2.75) is 38.6 Å². The van der Waals surface area contributed by atoms with Crippen LogP contribution in [0.25, 0.3) is 6.08 Å². The number of benzene rings is 1. The first-order chi connectivity index (χ1) is 12.9. The van der Waals surface area contributed by atoms with E-state index in [1.54, 1.807) is 24.3 Å². The lowest BCUT2D eigenvalue weighted by Gasteiger charge is -2.29. The van der Waals surface area contributed by atoms with Crippen LogP contribution in [-0.2, 0) is 24.3 Å². The molecule has 0 radical (unpaired) electrons. The fourth-order valence-corrected chi connectivity index (χ4v) is 3.67. The minimum absolute atomic E-state index is 0.103. The summed E-state index contributed by atoms with van der Waals surface area (Å²) in [5, 5.41) is 3.85. The predicted octanol–water partition coefficient (Wildman–Crippen LogP) is 1.81. The minimum atomic E-state index is -3.78. The first-order valence-electron chi connectivity index (χ1n) is 9.03. The molecule has 2 rings (SSSR count). The Balaban J connectivity index is 1.70. The normalized spacial score (nSPS) is 20.3. The van der Waals surface area contributed by atoms with E-state index in [2.05, 4.69) is 17.0 Å². The van der Waals surface area contributed by atoms with Gasteiger partial charge in [-0.3, -0.25) is 9.59 Å². The summed E-state index contributed by atoms with van der Waals surface area (Å²) >= 11 is 0. The Labute approximate surface area is 160 Å². The molecular formula is C19H26N2O5S. The molecule has 2 unspecified atom stereocenters. The van der Waals surface area contributed by atoms with E-state index in [1.165, 1.54) is 12.5 Å². The molecule has 148 valence electrons. The van der Waals surface area contributed by atoms with E-state index in [4.69, 9.17) is 4.74 Å². The summed E-state index contributed by atoms with van der Waals surface area (Å²) in [6, 6.07) is 9.02. The smallest absolute Gasteiger partial charge is 0.321 e. The monoisotopic (exact) mass is 394 g/mol. The number of hydrogen-bond acceptors (Lipinski definition) is 5. The van der Waals surface area contributed by atoms with E-state index in [-0.39, 0.29) is 11.9 Å². The summed E-state index contributed by atoms with van der Waals surface area (Å²) in [4.78, 5) is 23.6. The summed E-state index contributed by atoms with van der Waals surface area (Å²) in [7, 11) is -3.78. The second kappa shape index (κ2) is 10.2. The molecule has 0 saturated heterocycles. The van der Waals surface area contributed by atoms with Crippen LogP contribution in [0.2, 0.25) is 0 Å². The molecule has 7 nitrogen and oxygen atoms in total. The molecule has 0 spiro atoms. The van der Waals surface area contributed by atoms with E-state index in [1.807, 2.05) is 6.07 Å². The Morgan fingerprint density at radius 1 is 1.19 bits per heavy atom. The van der Waals surface area contributed by atoms with Crippen LogP contribution in [0.4, 0.5) is 0 Å². The molecule has 1 aromatic rings. The topological polar surface area (TPSA) is 102 Å². The Kier molecular flexibility index (Phi) is 7.99. The summed E-state index contributed by atoms with van der Waals surface area (Å²) < 4.78 is 30.7. The van der Waals surface area contributed by atoms with Crippen molar-refractivity contribution in [3.8, 4) is 0 Å². The zero-order valence-corrected chi connectivity index (χ0v) is 16.2. The van der Waals surface area contributed by atoms with E-state index >= 15 is 0 Å². The van der Waals surface area contributed by atoms with E-state index in [9.17, 15) is 18.0 Å². The Morgan fingerprint density at radius 3 is 2.59 bits per heavy atom. The molecule has 1 saturated carbocycles. The van der Waals surface area contributed by atoms with Crippen LogP contribution >= 0.6 is 0 Å². The van der Waals surface area contributed by atoms with Gasteiger partial charge < -0.3 is 10.1 Å². The third-order valence-electron chi connectivity index (χ3n) is 4.48. The van der Waals surface area contributed by atoms with Crippen molar-refractivity contribution < 1.29 is 22.7 Å². The summed E-state index contributed by atoms with van der Waals surface area (Å²) in [6.45, 7) is 1.14. The Hall–Kier alpha value is -2.19. The van der Waals surface area contributed by atoms with Crippen molar-refractivity contribution in [3.63, 3.8) is 0 Å².